The number of methoxy groups -OCH3 is 2. The van der Waals surface area contributed by atoms with Gasteiger partial charge in [0.1, 0.15) is 22.5 Å². The summed E-state index contributed by atoms with van der Waals surface area (Å²) in [4.78, 5) is 24.0. The maximum absolute atomic E-state index is 12.0. The number of nitrogens with zero attached hydrogens (tertiary/aromatic N) is 2. The second kappa shape index (κ2) is 7.42. The normalized spacial score (nSPS) is 11.8. The van der Waals surface area contributed by atoms with Crippen molar-refractivity contribution in [1.82, 2.24) is 8.75 Å². The monoisotopic (exact) mass is 386 g/mol. The topological polar surface area (TPSA) is 119 Å². The summed E-state index contributed by atoms with van der Waals surface area (Å²) in [6.45, 7) is 0. The number of ether oxygens (including phenoxy) is 2. The summed E-state index contributed by atoms with van der Waals surface area (Å²) in [5.41, 5.74) is 0.651. The fraction of sp³-hybridized carbons (Fsp3) is 0.111. The minimum absolute atomic E-state index is 0.125. The molecule has 0 spiro atoms. The van der Waals surface area contributed by atoms with Gasteiger partial charge in [-0.05, 0) is 29.8 Å². The molecule has 0 aliphatic rings. The Labute approximate surface area is 157 Å². The van der Waals surface area contributed by atoms with E-state index in [1.165, 1.54) is 44.6 Å². The van der Waals surface area contributed by atoms with Crippen molar-refractivity contribution in [3.8, 4) is 11.5 Å². The molecule has 138 valence electrons. The molecule has 8 nitrogen and oxygen atoms in total. The van der Waals surface area contributed by atoms with Gasteiger partial charge in [0.15, 0.2) is 0 Å². The van der Waals surface area contributed by atoms with E-state index < -0.39 is 17.5 Å². The Kier molecular flexibility index (Phi) is 5.04. The molecule has 0 aliphatic carbocycles. The molecular weight excluding hydrogens is 372 g/mol. The molecule has 9 heteroatoms. The van der Waals surface area contributed by atoms with Gasteiger partial charge in [0.2, 0.25) is 0 Å². The Morgan fingerprint density at radius 2 is 1.59 bits per heavy atom. The average Bonchev–Trinajstić information content (AvgIpc) is 3.12. The lowest BCUT2D eigenvalue weighted by molar-refractivity contribution is -0.132. The van der Waals surface area contributed by atoms with Gasteiger partial charge in [-0.15, -0.1) is 0 Å². The molecule has 1 aromatic heterocycles. The third-order valence-corrected chi connectivity index (χ3v) is 4.45. The molecule has 0 unspecified atom stereocenters. The Morgan fingerprint density at radius 3 is 2.22 bits per heavy atom. The number of hydrogen-bond acceptors (Lipinski definition) is 7. The maximum atomic E-state index is 12.0. The van der Waals surface area contributed by atoms with E-state index in [0.29, 0.717) is 16.8 Å². The van der Waals surface area contributed by atoms with E-state index >= 15 is 0 Å². The highest BCUT2D eigenvalue weighted by molar-refractivity contribution is 7.00. The van der Waals surface area contributed by atoms with Crippen LogP contribution in [0.1, 0.15) is 11.1 Å². The maximum Gasteiger partial charge on any atom is 0.337 e. The van der Waals surface area contributed by atoms with Crippen molar-refractivity contribution in [3.63, 3.8) is 0 Å². The van der Waals surface area contributed by atoms with Crippen LogP contribution >= 0.6 is 11.7 Å². The van der Waals surface area contributed by atoms with Gasteiger partial charge in [-0.3, -0.25) is 0 Å². The quantitative estimate of drug-likeness (QED) is 0.490. The molecule has 3 aromatic rings. The number of aromatic nitrogens is 2. The van der Waals surface area contributed by atoms with Crippen LogP contribution in [0.25, 0.3) is 22.2 Å². The summed E-state index contributed by atoms with van der Waals surface area (Å²) in [6, 6.07) is 9.08. The molecule has 2 N–H and O–H groups in total. The smallest absolute Gasteiger partial charge is 0.337 e. The van der Waals surface area contributed by atoms with E-state index in [2.05, 4.69) is 8.75 Å². The van der Waals surface area contributed by atoms with E-state index in [0.717, 1.165) is 11.7 Å². The standard InChI is InChI=1S/C18H14N2O6S/c1-25-10-4-5-11(14(8-10)26-2)16(18(23)24)15(17(21)22)9-3-6-12-13(7-9)20-27-19-12/h3-8H,1-2H3,(H,21,22)(H,23,24)/b16-15-. The Bertz CT molecular complexity index is 1070. The lowest BCUT2D eigenvalue weighted by atomic mass is 9.93. The van der Waals surface area contributed by atoms with Gasteiger partial charge in [-0.25, -0.2) is 9.59 Å². The molecule has 2 aromatic carbocycles. The van der Waals surface area contributed by atoms with Crippen LogP contribution in [-0.2, 0) is 9.59 Å². The minimum Gasteiger partial charge on any atom is -0.497 e. The molecule has 0 amide bonds. The Hall–Kier alpha value is -3.46. The van der Waals surface area contributed by atoms with Crippen molar-refractivity contribution in [2.75, 3.05) is 14.2 Å². The van der Waals surface area contributed by atoms with Crippen LogP contribution in [0.5, 0.6) is 11.5 Å². The fourth-order valence-corrected chi connectivity index (χ4v) is 3.19. The van der Waals surface area contributed by atoms with E-state index in [9.17, 15) is 19.8 Å². The van der Waals surface area contributed by atoms with E-state index in [4.69, 9.17) is 9.47 Å². The van der Waals surface area contributed by atoms with Crippen molar-refractivity contribution in [2.45, 2.75) is 0 Å². The van der Waals surface area contributed by atoms with Crippen LogP contribution in [0.15, 0.2) is 36.4 Å². The molecule has 0 fully saturated rings. The highest BCUT2D eigenvalue weighted by atomic mass is 32.1. The van der Waals surface area contributed by atoms with Crippen molar-refractivity contribution < 1.29 is 29.3 Å². The number of carboxylic acid groups (broad SMARTS) is 2. The Balaban J connectivity index is 2.32. The zero-order valence-corrected chi connectivity index (χ0v) is 15.1. The van der Waals surface area contributed by atoms with Crippen LogP contribution in [0.3, 0.4) is 0 Å². The van der Waals surface area contributed by atoms with E-state index in [1.807, 2.05) is 0 Å². The van der Waals surface area contributed by atoms with Gasteiger partial charge in [-0.2, -0.15) is 8.75 Å². The van der Waals surface area contributed by atoms with Crippen LogP contribution in [0, 0.1) is 0 Å². The Morgan fingerprint density at radius 1 is 0.889 bits per heavy atom. The highest BCUT2D eigenvalue weighted by Crippen LogP contribution is 2.35. The molecule has 0 saturated heterocycles. The zero-order valence-electron chi connectivity index (χ0n) is 14.3. The van der Waals surface area contributed by atoms with Crippen molar-refractivity contribution >= 4 is 45.8 Å². The molecule has 0 atom stereocenters. The van der Waals surface area contributed by atoms with Gasteiger partial charge in [0, 0.05) is 11.6 Å². The van der Waals surface area contributed by atoms with E-state index in [-0.39, 0.29) is 22.4 Å². The number of carboxylic acids is 2. The lowest BCUT2D eigenvalue weighted by Gasteiger charge is -2.14. The van der Waals surface area contributed by atoms with Crippen LogP contribution in [0.2, 0.25) is 0 Å². The highest BCUT2D eigenvalue weighted by Gasteiger charge is 2.26. The number of benzene rings is 2. The molecule has 3 rings (SSSR count). The SMILES string of the molecule is COc1ccc(/C(C(=O)O)=C(/C(=O)O)c2ccc3nsnc3c2)c(OC)c1. The second-order valence-corrected chi connectivity index (χ2v) is 5.92. The number of carbonyl (C=O) groups is 2. The van der Waals surface area contributed by atoms with Gasteiger partial charge >= 0.3 is 11.9 Å². The number of aliphatic carboxylic acids is 2. The number of fused-ring (bicyclic) bond motifs is 1. The molecule has 0 bridgehead atoms. The number of hydrogen-bond donors (Lipinski definition) is 2. The summed E-state index contributed by atoms with van der Waals surface area (Å²) in [5.74, 6) is -2.14. The van der Waals surface area contributed by atoms with Crippen LogP contribution in [0.4, 0.5) is 0 Å². The molecule has 0 saturated carbocycles. The largest absolute Gasteiger partial charge is 0.497 e. The second-order valence-electron chi connectivity index (χ2n) is 5.39. The predicted octanol–water partition coefficient (Wildman–Crippen LogP) is 2.79. The minimum atomic E-state index is -1.40. The first-order valence-corrected chi connectivity index (χ1v) is 8.35. The summed E-state index contributed by atoms with van der Waals surface area (Å²) < 4.78 is 18.5. The fourth-order valence-electron chi connectivity index (χ4n) is 2.67. The van der Waals surface area contributed by atoms with Crippen molar-refractivity contribution in [1.29, 1.82) is 0 Å². The molecule has 1 heterocycles. The van der Waals surface area contributed by atoms with Gasteiger partial charge in [0.05, 0.1) is 37.1 Å². The predicted molar refractivity (Wildman–Crippen MR) is 99.0 cm³/mol. The molecule has 0 aliphatic heterocycles. The third kappa shape index (κ3) is 3.44. The molecule has 27 heavy (non-hydrogen) atoms. The lowest BCUT2D eigenvalue weighted by Crippen LogP contribution is -2.11. The van der Waals surface area contributed by atoms with Crippen LogP contribution in [-0.4, -0.2) is 45.1 Å². The first kappa shape index (κ1) is 18.3. The summed E-state index contributed by atoms with van der Waals surface area (Å²) in [5, 5.41) is 19.6. The summed E-state index contributed by atoms with van der Waals surface area (Å²) >= 11 is 0.989. The third-order valence-electron chi connectivity index (χ3n) is 3.90. The van der Waals surface area contributed by atoms with Crippen LogP contribution < -0.4 is 9.47 Å². The van der Waals surface area contributed by atoms with Gasteiger partial charge in [0.25, 0.3) is 0 Å². The van der Waals surface area contributed by atoms with Crippen molar-refractivity contribution in [3.05, 3.63) is 47.5 Å². The van der Waals surface area contributed by atoms with Gasteiger partial charge < -0.3 is 19.7 Å². The van der Waals surface area contributed by atoms with Gasteiger partial charge in [-0.1, -0.05) is 6.07 Å². The summed E-state index contributed by atoms with van der Waals surface area (Å²) in [6.07, 6.45) is 0. The first-order chi connectivity index (χ1) is 13.0. The molecular formula is C18H14N2O6S. The average molecular weight is 386 g/mol. The summed E-state index contributed by atoms with van der Waals surface area (Å²) in [7, 11) is 2.83. The zero-order chi connectivity index (χ0) is 19.6. The number of rotatable bonds is 6. The van der Waals surface area contributed by atoms with Crippen molar-refractivity contribution in [2.24, 2.45) is 0 Å². The first-order valence-electron chi connectivity index (χ1n) is 7.62. The molecule has 0 radical (unpaired) electrons. The van der Waals surface area contributed by atoms with E-state index in [1.54, 1.807) is 6.07 Å².